The highest BCUT2D eigenvalue weighted by atomic mass is 35.5. The lowest BCUT2D eigenvalue weighted by atomic mass is 10.0. The number of fused-ring (bicyclic) bond motifs is 1. The van der Waals surface area contributed by atoms with Crippen molar-refractivity contribution in [2.24, 2.45) is 0 Å². The van der Waals surface area contributed by atoms with Crippen molar-refractivity contribution >= 4 is 46.0 Å². The van der Waals surface area contributed by atoms with Crippen molar-refractivity contribution in [1.82, 2.24) is 0 Å². The van der Waals surface area contributed by atoms with Gasteiger partial charge in [-0.25, -0.2) is 4.79 Å². The van der Waals surface area contributed by atoms with E-state index in [0.29, 0.717) is 28.3 Å². The van der Waals surface area contributed by atoms with Gasteiger partial charge in [0.1, 0.15) is 18.2 Å². The van der Waals surface area contributed by atoms with Crippen LogP contribution < -0.4 is 14.8 Å². The van der Waals surface area contributed by atoms with E-state index in [-0.39, 0.29) is 23.8 Å². The SMILES string of the molecule is CCOC(=O)c1ccc(NC(=O)/C(C#N)=C/c2cc(Cl)c(OCc3c(C)ccc4ccccc34)c(OC)c2)cc1. The fourth-order valence-electron chi connectivity index (χ4n) is 4.16. The molecule has 1 amide bonds. The van der Waals surface area contributed by atoms with E-state index in [1.807, 2.05) is 25.1 Å². The van der Waals surface area contributed by atoms with Gasteiger partial charge in [-0.05, 0) is 78.2 Å². The zero-order valence-corrected chi connectivity index (χ0v) is 23.0. The third-order valence-electron chi connectivity index (χ3n) is 6.22. The van der Waals surface area contributed by atoms with Gasteiger partial charge in [0.15, 0.2) is 11.5 Å². The fraction of sp³-hybridized carbons (Fsp3) is 0.156. The number of ether oxygens (including phenoxy) is 3. The Morgan fingerprint density at radius 1 is 1.05 bits per heavy atom. The quantitative estimate of drug-likeness (QED) is 0.134. The predicted molar refractivity (Wildman–Crippen MR) is 156 cm³/mol. The van der Waals surface area contributed by atoms with Crippen molar-refractivity contribution in [2.75, 3.05) is 19.0 Å². The molecule has 7 nitrogen and oxygen atoms in total. The molecule has 0 unspecified atom stereocenters. The summed E-state index contributed by atoms with van der Waals surface area (Å²) in [6, 6.07) is 23.6. The number of aryl methyl sites for hydroxylation is 1. The number of carbonyl (C=O) groups is 2. The molecule has 4 rings (SSSR count). The molecule has 1 N–H and O–H groups in total. The Labute approximate surface area is 237 Å². The maximum atomic E-state index is 12.8. The van der Waals surface area contributed by atoms with E-state index in [4.69, 9.17) is 25.8 Å². The maximum Gasteiger partial charge on any atom is 0.338 e. The van der Waals surface area contributed by atoms with Crippen LogP contribution in [0, 0.1) is 18.3 Å². The monoisotopic (exact) mass is 554 g/mol. The minimum absolute atomic E-state index is 0.146. The van der Waals surface area contributed by atoms with Gasteiger partial charge in [-0.2, -0.15) is 5.26 Å². The van der Waals surface area contributed by atoms with Crippen molar-refractivity contribution in [2.45, 2.75) is 20.5 Å². The van der Waals surface area contributed by atoms with Gasteiger partial charge in [0, 0.05) is 11.3 Å². The van der Waals surface area contributed by atoms with Gasteiger partial charge >= 0.3 is 5.97 Å². The highest BCUT2D eigenvalue weighted by molar-refractivity contribution is 6.32. The number of benzene rings is 4. The van der Waals surface area contributed by atoms with Crippen LogP contribution in [0.3, 0.4) is 0 Å². The molecule has 8 heteroatoms. The molecular formula is C32H27ClN2O5. The predicted octanol–water partition coefficient (Wildman–Crippen LogP) is 7.11. The van der Waals surface area contributed by atoms with Crippen LogP contribution in [0.1, 0.15) is 34.0 Å². The second-order valence-electron chi connectivity index (χ2n) is 8.83. The van der Waals surface area contributed by atoms with E-state index in [0.717, 1.165) is 21.9 Å². The van der Waals surface area contributed by atoms with E-state index in [1.165, 1.54) is 25.3 Å². The molecule has 4 aromatic rings. The molecule has 0 radical (unpaired) electrons. The van der Waals surface area contributed by atoms with Gasteiger partial charge < -0.3 is 19.5 Å². The molecule has 0 bridgehead atoms. The Morgan fingerprint density at radius 3 is 2.50 bits per heavy atom. The first-order valence-electron chi connectivity index (χ1n) is 12.5. The van der Waals surface area contributed by atoms with Crippen molar-refractivity contribution < 1.29 is 23.8 Å². The van der Waals surface area contributed by atoms with Crippen molar-refractivity contribution in [3.8, 4) is 17.6 Å². The number of nitrogens with one attached hydrogen (secondary N) is 1. The average molecular weight is 555 g/mol. The summed E-state index contributed by atoms with van der Waals surface area (Å²) in [7, 11) is 1.49. The summed E-state index contributed by atoms with van der Waals surface area (Å²) in [5.41, 5.74) is 3.25. The number of nitrogens with zero attached hydrogens (tertiary/aromatic N) is 1. The number of methoxy groups -OCH3 is 1. The molecular weight excluding hydrogens is 528 g/mol. The van der Waals surface area contributed by atoms with Gasteiger partial charge in [0.05, 0.1) is 24.3 Å². The van der Waals surface area contributed by atoms with Crippen LogP contribution in [0.25, 0.3) is 16.8 Å². The van der Waals surface area contributed by atoms with Gasteiger partial charge in [0.2, 0.25) is 0 Å². The average Bonchev–Trinajstić information content (AvgIpc) is 2.96. The molecule has 0 aromatic heterocycles. The summed E-state index contributed by atoms with van der Waals surface area (Å²) >= 11 is 6.58. The lowest BCUT2D eigenvalue weighted by molar-refractivity contribution is -0.112. The van der Waals surface area contributed by atoms with Crippen LogP contribution in [-0.2, 0) is 16.1 Å². The molecule has 4 aromatic carbocycles. The molecule has 0 saturated heterocycles. The zero-order chi connectivity index (χ0) is 28.6. The van der Waals surface area contributed by atoms with E-state index in [2.05, 4.69) is 29.6 Å². The van der Waals surface area contributed by atoms with Crippen LogP contribution in [0.15, 0.2) is 78.4 Å². The normalized spacial score (nSPS) is 11.0. The molecule has 0 spiro atoms. The Balaban J connectivity index is 1.53. The van der Waals surface area contributed by atoms with Gasteiger partial charge in [0.25, 0.3) is 5.91 Å². The summed E-state index contributed by atoms with van der Waals surface area (Å²) in [5, 5.41) is 14.8. The first-order chi connectivity index (χ1) is 19.3. The number of hydrogen-bond donors (Lipinski definition) is 1. The van der Waals surface area contributed by atoms with Crippen LogP contribution >= 0.6 is 11.6 Å². The highest BCUT2D eigenvalue weighted by Crippen LogP contribution is 2.38. The molecule has 40 heavy (non-hydrogen) atoms. The number of carbonyl (C=O) groups excluding carboxylic acids is 2. The Morgan fingerprint density at radius 2 is 1.80 bits per heavy atom. The number of anilines is 1. The van der Waals surface area contributed by atoms with Gasteiger partial charge in [-0.1, -0.05) is 48.0 Å². The number of esters is 1. The van der Waals surface area contributed by atoms with Crippen molar-refractivity contribution in [1.29, 1.82) is 5.26 Å². The first-order valence-corrected chi connectivity index (χ1v) is 12.9. The third-order valence-corrected chi connectivity index (χ3v) is 6.50. The van der Waals surface area contributed by atoms with Crippen molar-refractivity contribution in [3.05, 3.63) is 106 Å². The second kappa shape index (κ2) is 12.8. The fourth-order valence-corrected chi connectivity index (χ4v) is 4.44. The second-order valence-corrected chi connectivity index (χ2v) is 9.23. The zero-order valence-electron chi connectivity index (χ0n) is 22.3. The number of hydrogen-bond acceptors (Lipinski definition) is 6. The Hall–Kier alpha value is -4.80. The van der Waals surface area contributed by atoms with Crippen LogP contribution in [-0.4, -0.2) is 25.6 Å². The lowest BCUT2D eigenvalue weighted by Crippen LogP contribution is -2.13. The number of nitriles is 1. The van der Waals surface area contributed by atoms with E-state index < -0.39 is 11.9 Å². The van der Waals surface area contributed by atoms with E-state index in [1.54, 1.807) is 31.2 Å². The maximum absolute atomic E-state index is 12.8. The summed E-state index contributed by atoms with van der Waals surface area (Å²) in [5.74, 6) is -0.348. The van der Waals surface area contributed by atoms with Crippen LogP contribution in [0.2, 0.25) is 5.02 Å². The minimum Gasteiger partial charge on any atom is -0.493 e. The van der Waals surface area contributed by atoms with E-state index >= 15 is 0 Å². The topological polar surface area (TPSA) is 97.7 Å². The Bertz CT molecular complexity index is 1640. The van der Waals surface area contributed by atoms with E-state index in [9.17, 15) is 14.9 Å². The molecule has 0 aliphatic heterocycles. The molecule has 0 saturated carbocycles. The number of amides is 1. The summed E-state index contributed by atoms with van der Waals surface area (Å²) < 4.78 is 16.6. The first kappa shape index (κ1) is 28.2. The summed E-state index contributed by atoms with van der Waals surface area (Å²) in [6.07, 6.45) is 1.41. The smallest absolute Gasteiger partial charge is 0.338 e. The highest BCUT2D eigenvalue weighted by Gasteiger charge is 2.16. The Kier molecular flexibility index (Phi) is 9.05. The molecule has 0 aliphatic rings. The molecule has 0 atom stereocenters. The van der Waals surface area contributed by atoms with Gasteiger partial charge in [-0.3, -0.25) is 4.79 Å². The largest absolute Gasteiger partial charge is 0.493 e. The van der Waals surface area contributed by atoms with Gasteiger partial charge in [-0.15, -0.1) is 0 Å². The lowest BCUT2D eigenvalue weighted by Gasteiger charge is -2.16. The molecule has 0 aliphatic carbocycles. The summed E-state index contributed by atoms with van der Waals surface area (Å²) in [6.45, 7) is 4.29. The third kappa shape index (κ3) is 6.42. The van der Waals surface area contributed by atoms with Crippen LogP contribution in [0.5, 0.6) is 11.5 Å². The number of rotatable bonds is 9. The molecule has 202 valence electrons. The molecule has 0 heterocycles. The van der Waals surface area contributed by atoms with Crippen LogP contribution in [0.4, 0.5) is 5.69 Å². The molecule has 0 fully saturated rings. The number of halogens is 1. The minimum atomic E-state index is -0.617. The van der Waals surface area contributed by atoms with Crippen molar-refractivity contribution in [3.63, 3.8) is 0 Å². The summed E-state index contributed by atoms with van der Waals surface area (Å²) in [4.78, 5) is 24.6. The standard InChI is InChI=1S/C32H27ClN2O5/c1-4-39-32(37)23-11-13-25(14-12-23)35-31(36)24(18-34)15-21-16-28(33)30(29(17-21)38-3)40-19-27-20(2)9-10-22-7-5-6-8-26(22)27/h5-17H,4,19H2,1-3H3,(H,35,36)/b24-15+.